The molecule has 1 aliphatic carbocycles. The molecule has 2 fully saturated rings. The Labute approximate surface area is 130 Å². The Bertz CT molecular complexity index is 511. The minimum Gasteiger partial charge on any atom is -0.392 e. The van der Waals surface area contributed by atoms with E-state index in [0.717, 1.165) is 32.5 Å². The molecule has 4 nitrogen and oxygen atoms in total. The summed E-state index contributed by atoms with van der Waals surface area (Å²) in [4.78, 5) is 16.5. The van der Waals surface area contributed by atoms with Crippen molar-refractivity contribution in [2.75, 3.05) is 32.7 Å². The maximum Gasteiger partial charge on any atom is 0.253 e. The highest BCUT2D eigenvalue weighted by Crippen LogP contribution is 2.32. The van der Waals surface area contributed by atoms with Crippen molar-refractivity contribution in [1.29, 1.82) is 0 Å². The van der Waals surface area contributed by atoms with Gasteiger partial charge in [-0.2, -0.15) is 0 Å². The topological polar surface area (TPSA) is 43.8 Å². The molecule has 1 N–H and O–H groups in total. The molecular weight excluding hydrogens is 288 g/mol. The smallest absolute Gasteiger partial charge is 0.253 e. The molecule has 0 bridgehead atoms. The van der Waals surface area contributed by atoms with Crippen molar-refractivity contribution in [3.63, 3.8) is 0 Å². The molecule has 0 spiro atoms. The molecule has 0 unspecified atom stereocenters. The quantitative estimate of drug-likeness (QED) is 0.923. The fourth-order valence-corrected chi connectivity index (χ4v) is 3.02. The van der Waals surface area contributed by atoms with Gasteiger partial charge >= 0.3 is 0 Å². The number of nitrogens with zero attached hydrogens (tertiary/aromatic N) is 2. The van der Waals surface area contributed by atoms with Gasteiger partial charge in [0, 0.05) is 43.3 Å². The molecule has 1 heterocycles. The van der Waals surface area contributed by atoms with Gasteiger partial charge in [-0.05, 0) is 37.0 Å². The summed E-state index contributed by atoms with van der Waals surface area (Å²) in [6.07, 6.45) is 2.13. The van der Waals surface area contributed by atoms with E-state index in [4.69, 9.17) is 11.6 Å². The van der Waals surface area contributed by atoms with Gasteiger partial charge in [0.1, 0.15) is 0 Å². The van der Waals surface area contributed by atoms with Crippen LogP contribution in [0.25, 0.3) is 0 Å². The summed E-state index contributed by atoms with van der Waals surface area (Å²) in [5.41, 5.74) is 0.647. The van der Waals surface area contributed by atoms with Crippen LogP contribution in [0.4, 0.5) is 0 Å². The van der Waals surface area contributed by atoms with Gasteiger partial charge in [0.05, 0.1) is 6.10 Å². The molecule has 1 amide bonds. The van der Waals surface area contributed by atoms with Crippen LogP contribution >= 0.6 is 11.6 Å². The first kappa shape index (κ1) is 14.8. The fourth-order valence-electron chi connectivity index (χ4n) is 2.83. The first-order chi connectivity index (χ1) is 10.1. The van der Waals surface area contributed by atoms with Gasteiger partial charge in [-0.1, -0.05) is 17.7 Å². The highest BCUT2D eigenvalue weighted by Gasteiger charge is 2.32. The van der Waals surface area contributed by atoms with E-state index in [1.165, 1.54) is 0 Å². The number of hydrogen-bond acceptors (Lipinski definition) is 3. The molecule has 1 saturated heterocycles. The van der Waals surface area contributed by atoms with E-state index in [-0.39, 0.29) is 12.0 Å². The van der Waals surface area contributed by atoms with E-state index < -0.39 is 0 Å². The van der Waals surface area contributed by atoms with Crippen LogP contribution in [0.2, 0.25) is 5.02 Å². The number of hydrogen-bond donors (Lipinski definition) is 1. The van der Waals surface area contributed by atoms with Crippen molar-refractivity contribution in [2.45, 2.75) is 18.9 Å². The molecule has 1 aromatic carbocycles. The molecule has 21 heavy (non-hydrogen) atoms. The molecule has 0 radical (unpaired) electrons. The van der Waals surface area contributed by atoms with Gasteiger partial charge in [0.2, 0.25) is 0 Å². The summed E-state index contributed by atoms with van der Waals surface area (Å²) in [6.45, 7) is 3.82. The number of rotatable bonds is 4. The Balaban J connectivity index is 1.51. The minimum absolute atomic E-state index is 0.0416. The number of carbonyl (C=O) groups is 1. The fraction of sp³-hybridized carbons (Fsp3) is 0.562. The first-order valence-electron chi connectivity index (χ1n) is 7.59. The summed E-state index contributed by atoms with van der Waals surface area (Å²) in [6, 6.07) is 7.10. The molecule has 1 atom stereocenters. The van der Waals surface area contributed by atoms with Crippen LogP contribution in [0.15, 0.2) is 24.3 Å². The summed E-state index contributed by atoms with van der Waals surface area (Å²) < 4.78 is 0. The molecule has 1 saturated carbocycles. The normalized spacial score (nSPS) is 21.3. The Morgan fingerprint density at radius 3 is 2.62 bits per heavy atom. The van der Waals surface area contributed by atoms with E-state index >= 15 is 0 Å². The number of aliphatic hydroxyl groups is 1. The van der Waals surface area contributed by atoms with E-state index in [9.17, 15) is 9.90 Å². The Morgan fingerprint density at radius 2 is 2.00 bits per heavy atom. The van der Waals surface area contributed by atoms with Gasteiger partial charge < -0.3 is 10.0 Å². The van der Waals surface area contributed by atoms with Crippen LogP contribution in [0, 0.1) is 5.92 Å². The molecule has 3 rings (SSSR count). The second-order valence-electron chi connectivity index (χ2n) is 6.01. The lowest BCUT2D eigenvalue weighted by atomic mass is 10.1. The number of carbonyl (C=O) groups excluding carboxylic acids is 1. The third kappa shape index (κ3) is 3.76. The largest absolute Gasteiger partial charge is 0.392 e. The van der Waals surface area contributed by atoms with Gasteiger partial charge in [-0.3, -0.25) is 9.69 Å². The van der Waals surface area contributed by atoms with Crippen LogP contribution in [-0.4, -0.2) is 59.6 Å². The summed E-state index contributed by atoms with van der Waals surface area (Å²) >= 11 is 5.94. The second-order valence-corrected chi connectivity index (χ2v) is 6.44. The highest BCUT2D eigenvalue weighted by atomic mass is 35.5. The van der Waals surface area contributed by atoms with E-state index in [1.54, 1.807) is 24.3 Å². The molecular formula is C16H21ClN2O2. The average Bonchev–Trinajstić information content (AvgIpc) is 3.32. The third-order valence-electron chi connectivity index (χ3n) is 4.34. The van der Waals surface area contributed by atoms with Gasteiger partial charge in [0.15, 0.2) is 0 Å². The Hall–Kier alpha value is -1.10. The van der Waals surface area contributed by atoms with E-state index in [1.807, 2.05) is 4.90 Å². The SMILES string of the molecule is O=C(c1cccc(Cl)c1)N1CCN(C[C@H](O)C2CC2)CC1. The molecule has 1 aliphatic heterocycles. The first-order valence-corrected chi connectivity index (χ1v) is 7.96. The Kier molecular flexibility index (Phi) is 4.48. The van der Waals surface area contributed by atoms with Crippen molar-refractivity contribution < 1.29 is 9.90 Å². The van der Waals surface area contributed by atoms with Crippen molar-refractivity contribution in [1.82, 2.24) is 9.80 Å². The zero-order valence-electron chi connectivity index (χ0n) is 12.0. The standard InChI is InChI=1S/C16H21ClN2O2/c17-14-3-1-2-13(10-14)16(21)19-8-6-18(7-9-19)11-15(20)12-4-5-12/h1-3,10,12,15,20H,4-9,11H2/t15-/m0/s1. The predicted molar refractivity (Wildman–Crippen MR) is 82.5 cm³/mol. The highest BCUT2D eigenvalue weighted by molar-refractivity contribution is 6.30. The maximum absolute atomic E-state index is 12.4. The van der Waals surface area contributed by atoms with Crippen molar-refractivity contribution in [3.05, 3.63) is 34.9 Å². The summed E-state index contributed by atoms with van der Waals surface area (Å²) in [5.74, 6) is 0.552. The minimum atomic E-state index is -0.194. The van der Waals surface area contributed by atoms with Crippen LogP contribution in [0.3, 0.4) is 0 Å². The number of β-amino-alcohol motifs (C(OH)–C–C–N with tert-alkyl or cyclic N) is 1. The maximum atomic E-state index is 12.4. The molecule has 5 heteroatoms. The van der Waals surface area contributed by atoms with Crippen molar-refractivity contribution in [3.8, 4) is 0 Å². The van der Waals surface area contributed by atoms with Crippen LogP contribution in [0.1, 0.15) is 23.2 Å². The molecule has 114 valence electrons. The number of benzene rings is 1. The summed E-state index contributed by atoms with van der Waals surface area (Å²) in [5, 5.41) is 10.6. The molecule has 1 aromatic rings. The van der Waals surface area contributed by atoms with Crippen molar-refractivity contribution >= 4 is 17.5 Å². The zero-order chi connectivity index (χ0) is 14.8. The van der Waals surface area contributed by atoms with E-state index in [2.05, 4.69) is 4.90 Å². The second kappa shape index (κ2) is 6.34. The van der Waals surface area contributed by atoms with Crippen LogP contribution in [-0.2, 0) is 0 Å². The monoisotopic (exact) mass is 308 g/mol. The number of amides is 1. The zero-order valence-corrected chi connectivity index (χ0v) is 12.8. The lowest BCUT2D eigenvalue weighted by Gasteiger charge is -2.35. The van der Waals surface area contributed by atoms with Gasteiger partial charge in [0.25, 0.3) is 5.91 Å². The van der Waals surface area contributed by atoms with Crippen LogP contribution < -0.4 is 0 Å². The van der Waals surface area contributed by atoms with Crippen LogP contribution in [0.5, 0.6) is 0 Å². The third-order valence-corrected chi connectivity index (χ3v) is 4.58. The van der Waals surface area contributed by atoms with E-state index in [0.29, 0.717) is 29.6 Å². The Morgan fingerprint density at radius 1 is 1.29 bits per heavy atom. The van der Waals surface area contributed by atoms with Gasteiger partial charge in [-0.25, -0.2) is 0 Å². The molecule has 2 aliphatic rings. The number of piperazine rings is 1. The summed E-state index contributed by atoms with van der Waals surface area (Å²) in [7, 11) is 0. The number of aliphatic hydroxyl groups excluding tert-OH is 1. The average molecular weight is 309 g/mol. The molecule has 0 aromatic heterocycles. The van der Waals surface area contributed by atoms with Crippen molar-refractivity contribution in [2.24, 2.45) is 5.92 Å². The lowest BCUT2D eigenvalue weighted by Crippen LogP contribution is -2.50. The van der Waals surface area contributed by atoms with Gasteiger partial charge in [-0.15, -0.1) is 0 Å². The number of halogens is 1. The predicted octanol–water partition coefficient (Wildman–Crippen LogP) is 1.87. The lowest BCUT2D eigenvalue weighted by molar-refractivity contribution is 0.0488.